The maximum absolute atomic E-state index is 13.2. The highest BCUT2D eigenvalue weighted by atomic mass is 16.2. The van der Waals surface area contributed by atoms with E-state index in [9.17, 15) is 10.1 Å². The largest absolute Gasteiger partial charge is 0.368 e. The molecule has 7 nitrogen and oxygen atoms in total. The highest BCUT2D eigenvalue weighted by Crippen LogP contribution is 2.21. The molecule has 3 rings (SSSR count). The first-order valence-electron chi connectivity index (χ1n) is 15.7. The summed E-state index contributed by atoms with van der Waals surface area (Å²) in [5.74, 6) is 1.77. The van der Waals surface area contributed by atoms with Crippen LogP contribution in [0.1, 0.15) is 89.6 Å². The average Bonchev–Trinajstić information content (AvgIpc) is 3.02. The van der Waals surface area contributed by atoms with Gasteiger partial charge in [0.05, 0.1) is 17.3 Å². The lowest BCUT2D eigenvalue weighted by molar-refractivity contribution is -0.137. The van der Waals surface area contributed by atoms with E-state index >= 15 is 0 Å². The van der Waals surface area contributed by atoms with Gasteiger partial charge in [0.2, 0.25) is 5.91 Å². The SMILES string of the molecule is C=C(/C=c1/c(NCc2cccc(C#N)c2C)nnc(C)/c1=C/C)N1CCN(C(=O)C(CC)CCC(C)CC)CC1.CC. The van der Waals surface area contributed by atoms with Crippen LogP contribution in [-0.2, 0) is 11.3 Å². The molecule has 2 aromatic rings. The summed E-state index contributed by atoms with van der Waals surface area (Å²) in [4.78, 5) is 17.5. The van der Waals surface area contributed by atoms with Crippen LogP contribution in [0.3, 0.4) is 0 Å². The highest BCUT2D eigenvalue weighted by molar-refractivity contribution is 5.79. The number of piperazine rings is 1. The van der Waals surface area contributed by atoms with Gasteiger partial charge in [-0.15, -0.1) is 5.10 Å². The predicted octanol–water partition coefficient (Wildman–Crippen LogP) is 5.69. The van der Waals surface area contributed by atoms with Gasteiger partial charge in [-0.05, 0) is 69.2 Å². The second-order valence-corrected chi connectivity index (χ2v) is 10.9. The van der Waals surface area contributed by atoms with Crippen LogP contribution in [0.5, 0.6) is 0 Å². The number of nitrogens with one attached hydrogen (secondary N) is 1. The van der Waals surface area contributed by atoms with Crippen LogP contribution in [0.15, 0.2) is 30.5 Å². The molecule has 228 valence electrons. The molecule has 1 aromatic carbocycles. The Kier molecular flexibility index (Phi) is 14.3. The van der Waals surface area contributed by atoms with Crippen molar-refractivity contribution in [3.63, 3.8) is 0 Å². The van der Waals surface area contributed by atoms with Crippen molar-refractivity contribution >= 4 is 23.9 Å². The number of hydrogen-bond donors (Lipinski definition) is 1. The second-order valence-electron chi connectivity index (χ2n) is 10.9. The van der Waals surface area contributed by atoms with Gasteiger partial charge in [-0.3, -0.25) is 4.79 Å². The smallest absolute Gasteiger partial charge is 0.225 e. The molecule has 1 N–H and O–H groups in total. The van der Waals surface area contributed by atoms with E-state index in [1.807, 2.05) is 57.7 Å². The fourth-order valence-corrected chi connectivity index (χ4v) is 5.29. The van der Waals surface area contributed by atoms with Gasteiger partial charge in [0.15, 0.2) is 5.82 Å². The molecule has 7 heteroatoms. The lowest BCUT2D eigenvalue weighted by Crippen LogP contribution is -2.49. The van der Waals surface area contributed by atoms with Gasteiger partial charge in [-0.2, -0.15) is 10.4 Å². The normalized spacial score (nSPS) is 15.4. The molecular weight excluding hydrogens is 520 g/mol. The Balaban J connectivity index is 0.00000301. The molecule has 1 saturated heterocycles. The minimum Gasteiger partial charge on any atom is -0.368 e. The molecule has 2 unspecified atom stereocenters. The van der Waals surface area contributed by atoms with E-state index < -0.39 is 0 Å². The van der Waals surface area contributed by atoms with Crippen molar-refractivity contribution in [3.8, 4) is 6.07 Å². The van der Waals surface area contributed by atoms with E-state index in [4.69, 9.17) is 0 Å². The maximum atomic E-state index is 13.2. The third kappa shape index (κ3) is 8.92. The molecule has 0 spiro atoms. The molecule has 0 aliphatic carbocycles. The van der Waals surface area contributed by atoms with E-state index in [-0.39, 0.29) is 5.92 Å². The van der Waals surface area contributed by atoms with Gasteiger partial charge in [0.25, 0.3) is 0 Å². The van der Waals surface area contributed by atoms with Crippen molar-refractivity contribution in [1.29, 1.82) is 5.26 Å². The monoisotopic (exact) mass is 572 g/mol. The molecule has 1 aliphatic rings. The van der Waals surface area contributed by atoms with Gasteiger partial charge in [0, 0.05) is 54.8 Å². The fourth-order valence-electron chi connectivity index (χ4n) is 5.29. The molecule has 1 aromatic heterocycles. The van der Waals surface area contributed by atoms with Gasteiger partial charge in [0.1, 0.15) is 0 Å². The van der Waals surface area contributed by atoms with Crippen molar-refractivity contribution < 1.29 is 4.79 Å². The maximum Gasteiger partial charge on any atom is 0.225 e. The molecule has 0 radical (unpaired) electrons. The summed E-state index contributed by atoms with van der Waals surface area (Å²) in [5.41, 5.74) is 4.44. The van der Waals surface area contributed by atoms with E-state index in [0.29, 0.717) is 42.8 Å². The first-order valence-corrected chi connectivity index (χ1v) is 15.7. The van der Waals surface area contributed by atoms with Crippen LogP contribution in [0.25, 0.3) is 12.2 Å². The Morgan fingerprint density at radius 3 is 2.33 bits per heavy atom. The second kappa shape index (κ2) is 17.3. The third-order valence-corrected chi connectivity index (χ3v) is 8.39. The Bertz CT molecular complexity index is 1350. The molecule has 0 saturated carbocycles. The number of nitriles is 1. The molecule has 2 heterocycles. The van der Waals surface area contributed by atoms with Crippen LogP contribution in [0.2, 0.25) is 0 Å². The molecule has 1 amide bonds. The van der Waals surface area contributed by atoms with Crippen LogP contribution >= 0.6 is 0 Å². The molecule has 1 fully saturated rings. The van der Waals surface area contributed by atoms with E-state index in [1.165, 1.54) is 0 Å². The molecular formula is C35H52N6O. The van der Waals surface area contributed by atoms with E-state index in [2.05, 4.69) is 66.0 Å². The summed E-state index contributed by atoms with van der Waals surface area (Å²) in [6.45, 7) is 24.4. The van der Waals surface area contributed by atoms with Crippen molar-refractivity contribution in [2.24, 2.45) is 11.8 Å². The molecule has 0 bridgehead atoms. The standard InChI is InChI=1S/C33H46N6O.C2H6/c1-8-23(4)14-15-27(9-2)33(40)39-18-16-38(17-19-39)24(5)20-31-30(10-3)26(7)36-37-32(31)35-22-29-13-11-12-28(21-34)25(29)6;1-2/h10-13,20,23,27H,5,8-9,14-19,22H2,1-4,6-7H3,(H,35,37);1-2H3/b30-10-,31-20+;. The molecule has 1 aliphatic heterocycles. The first-order chi connectivity index (χ1) is 20.2. The first kappa shape index (κ1) is 34.5. The van der Waals surface area contributed by atoms with Crippen molar-refractivity contribution in [2.75, 3.05) is 31.5 Å². The number of carbonyl (C=O) groups is 1. The van der Waals surface area contributed by atoms with Crippen LogP contribution in [0, 0.1) is 37.0 Å². The van der Waals surface area contributed by atoms with Crippen molar-refractivity contribution in [3.05, 3.63) is 63.3 Å². The number of anilines is 1. The van der Waals surface area contributed by atoms with Gasteiger partial charge < -0.3 is 15.1 Å². The Hall–Kier alpha value is -3.66. The topological polar surface area (TPSA) is 85.2 Å². The highest BCUT2D eigenvalue weighted by Gasteiger charge is 2.26. The fraction of sp³-hybridized carbons (Fsp3) is 0.543. The third-order valence-electron chi connectivity index (χ3n) is 8.39. The zero-order valence-corrected chi connectivity index (χ0v) is 27.3. The summed E-state index contributed by atoms with van der Waals surface area (Å²) in [6, 6.07) is 8.02. The van der Waals surface area contributed by atoms with Crippen LogP contribution in [-0.4, -0.2) is 52.1 Å². The van der Waals surface area contributed by atoms with E-state index in [0.717, 1.165) is 71.7 Å². The summed E-state index contributed by atoms with van der Waals surface area (Å²) >= 11 is 0. The zero-order valence-electron chi connectivity index (χ0n) is 27.3. The summed E-state index contributed by atoms with van der Waals surface area (Å²) < 4.78 is 0. The lowest BCUT2D eigenvalue weighted by Gasteiger charge is -2.38. The lowest BCUT2D eigenvalue weighted by atomic mass is 9.92. The number of allylic oxidation sites excluding steroid dienone is 1. The number of benzene rings is 1. The van der Waals surface area contributed by atoms with Gasteiger partial charge >= 0.3 is 0 Å². The minimum absolute atomic E-state index is 0.120. The average molecular weight is 573 g/mol. The number of hydrogen-bond acceptors (Lipinski definition) is 6. The Morgan fingerprint density at radius 2 is 1.74 bits per heavy atom. The quantitative estimate of drug-likeness (QED) is 0.372. The number of carbonyl (C=O) groups excluding carboxylic acids is 1. The minimum atomic E-state index is 0.120. The van der Waals surface area contributed by atoms with E-state index in [1.54, 1.807) is 0 Å². The van der Waals surface area contributed by atoms with Crippen molar-refractivity contribution in [1.82, 2.24) is 20.0 Å². The Morgan fingerprint density at radius 1 is 1.07 bits per heavy atom. The number of aromatic nitrogens is 2. The summed E-state index contributed by atoms with van der Waals surface area (Å²) in [6.07, 6.45) is 8.29. The number of aryl methyl sites for hydroxylation is 1. The predicted molar refractivity (Wildman–Crippen MR) is 175 cm³/mol. The van der Waals surface area contributed by atoms with Gasteiger partial charge in [-0.25, -0.2) is 0 Å². The molecule has 42 heavy (non-hydrogen) atoms. The van der Waals surface area contributed by atoms with Crippen molar-refractivity contribution in [2.45, 2.75) is 87.6 Å². The number of nitrogens with zero attached hydrogens (tertiary/aromatic N) is 5. The number of amides is 1. The summed E-state index contributed by atoms with van der Waals surface area (Å²) in [5, 5.41) is 23.7. The van der Waals surface area contributed by atoms with Crippen LogP contribution in [0.4, 0.5) is 5.82 Å². The Labute approximate surface area is 254 Å². The number of rotatable bonds is 11. The van der Waals surface area contributed by atoms with Gasteiger partial charge in [-0.1, -0.05) is 65.8 Å². The zero-order chi connectivity index (χ0) is 31.2. The van der Waals surface area contributed by atoms with Crippen LogP contribution < -0.4 is 15.8 Å². The molecule has 2 atom stereocenters. The summed E-state index contributed by atoms with van der Waals surface area (Å²) in [7, 11) is 0.